The molecule has 1 saturated carbocycles. The second-order valence-electron chi connectivity index (χ2n) is 7.47. The predicted octanol–water partition coefficient (Wildman–Crippen LogP) is 1.80. The van der Waals surface area contributed by atoms with Crippen LogP contribution in [0.15, 0.2) is 21.8 Å². The van der Waals surface area contributed by atoms with Crippen LogP contribution in [0.1, 0.15) is 37.7 Å². The Hall–Kier alpha value is -1.64. The Labute approximate surface area is 153 Å². The lowest BCUT2D eigenvalue weighted by molar-refractivity contribution is 0.111. The largest absolute Gasteiger partial charge is 0.323 e. The Morgan fingerprint density at radius 1 is 0.962 bits per heavy atom. The van der Waals surface area contributed by atoms with Crippen molar-refractivity contribution in [1.82, 2.24) is 19.2 Å². The highest BCUT2D eigenvalue weighted by atomic mass is 32.2. The van der Waals surface area contributed by atoms with Crippen molar-refractivity contribution in [1.29, 1.82) is 0 Å². The first kappa shape index (κ1) is 17.8. The summed E-state index contributed by atoms with van der Waals surface area (Å²) in [7, 11) is -3.56. The molecule has 7 nitrogen and oxygen atoms in total. The molecule has 0 unspecified atom stereocenters. The van der Waals surface area contributed by atoms with Crippen LogP contribution >= 0.6 is 0 Å². The van der Waals surface area contributed by atoms with E-state index in [9.17, 15) is 13.2 Å². The molecule has 2 aliphatic rings. The number of fused-ring (bicyclic) bond motifs is 1. The van der Waals surface area contributed by atoms with E-state index in [1.54, 1.807) is 23.4 Å². The Morgan fingerprint density at radius 2 is 1.58 bits per heavy atom. The number of piperazine rings is 1. The molecule has 0 atom stereocenters. The predicted molar refractivity (Wildman–Crippen MR) is 101 cm³/mol. The molecule has 0 bridgehead atoms. The number of hydrogen-bond donors (Lipinski definition) is 2. The maximum absolute atomic E-state index is 13.1. The van der Waals surface area contributed by atoms with Crippen LogP contribution in [0.4, 0.5) is 0 Å². The Bertz CT molecular complexity index is 948. The highest BCUT2D eigenvalue weighted by molar-refractivity contribution is 7.89. The summed E-state index contributed by atoms with van der Waals surface area (Å²) in [5.74, 6) is 0. The molecule has 2 heterocycles. The molecular weight excluding hydrogens is 352 g/mol. The van der Waals surface area contributed by atoms with Crippen molar-refractivity contribution in [3.05, 3.63) is 28.2 Å². The molecule has 1 aromatic carbocycles. The van der Waals surface area contributed by atoms with E-state index in [4.69, 9.17) is 0 Å². The monoisotopic (exact) mass is 378 g/mol. The second kappa shape index (κ2) is 6.83. The molecule has 1 saturated heterocycles. The molecule has 1 aliphatic heterocycles. The fourth-order valence-electron chi connectivity index (χ4n) is 4.34. The van der Waals surface area contributed by atoms with Crippen molar-refractivity contribution in [2.45, 2.75) is 50.0 Å². The van der Waals surface area contributed by atoms with Crippen LogP contribution in [0, 0.1) is 6.92 Å². The van der Waals surface area contributed by atoms with Gasteiger partial charge in [0.1, 0.15) is 0 Å². The summed E-state index contributed by atoms with van der Waals surface area (Å²) in [5, 5.41) is 0. The summed E-state index contributed by atoms with van der Waals surface area (Å²) in [6.45, 7) is 4.42. The van der Waals surface area contributed by atoms with Gasteiger partial charge in [0.25, 0.3) is 0 Å². The van der Waals surface area contributed by atoms with Crippen molar-refractivity contribution in [2.24, 2.45) is 0 Å². The van der Waals surface area contributed by atoms with E-state index in [0.717, 1.165) is 13.1 Å². The van der Waals surface area contributed by atoms with Crippen molar-refractivity contribution < 1.29 is 8.42 Å². The van der Waals surface area contributed by atoms with Gasteiger partial charge in [-0.05, 0) is 37.5 Å². The van der Waals surface area contributed by atoms with E-state index >= 15 is 0 Å². The van der Waals surface area contributed by atoms with Gasteiger partial charge in [-0.3, -0.25) is 4.90 Å². The Morgan fingerprint density at radius 3 is 2.23 bits per heavy atom. The second-order valence-corrected chi connectivity index (χ2v) is 9.38. The zero-order valence-electron chi connectivity index (χ0n) is 15.1. The quantitative estimate of drug-likeness (QED) is 0.852. The van der Waals surface area contributed by atoms with Crippen LogP contribution in [0.3, 0.4) is 0 Å². The van der Waals surface area contributed by atoms with Crippen LogP contribution in [0.5, 0.6) is 0 Å². The summed E-state index contributed by atoms with van der Waals surface area (Å²) < 4.78 is 27.9. The molecule has 1 aromatic heterocycles. The third-order valence-electron chi connectivity index (χ3n) is 5.79. The normalized spacial score (nSPS) is 21.4. The maximum Gasteiger partial charge on any atom is 0.323 e. The minimum absolute atomic E-state index is 0.284. The number of nitrogens with zero attached hydrogens (tertiary/aromatic N) is 2. The van der Waals surface area contributed by atoms with E-state index in [1.165, 1.54) is 32.1 Å². The molecular formula is C18H26N4O3S. The zero-order chi connectivity index (χ0) is 18.3. The molecule has 8 heteroatoms. The average Bonchev–Trinajstić information content (AvgIpc) is 3.00. The zero-order valence-corrected chi connectivity index (χ0v) is 15.9. The van der Waals surface area contributed by atoms with Gasteiger partial charge in [-0.25, -0.2) is 13.2 Å². The number of aryl methyl sites for hydroxylation is 1. The molecule has 4 rings (SSSR count). The van der Waals surface area contributed by atoms with Crippen molar-refractivity contribution in [3.8, 4) is 0 Å². The third kappa shape index (κ3) is 3.21. The minimum atomic E-state index is -3.56. The highest BCUT2D eigenvalue weighted by Gasteiger charge is 2.32. The summed E-state index contributed by atoms with van der Waals surface area (Å²) in [6.07, 6.45) is 6.38. The first-order valence-corrected chi connectivity index (χ1v) is 10.9. The molecule has 0 amide bonds. The lowest BCUT2D eigenvalue weighted by atomic mass is 9.94. The average molecular weight is 378 g/mol. The van der Waals surface area contributed by atoms with Crippen LogP contribution in [-0.2, 0) is 10.0 Å². The summed E-state index contributed by atoms with van der Waals surface area (Å²) >= 11 is 0. The van der Waals surface area contributed by atoms with Crippen molar-refractivity contribution >= 4 is 21.1 Å². The van der Waals surface area contributed by atoms with Crippen LogP contribution in [-0.4, -0.2) is 59.8 Å². The number of nitrogens with one attached hydrogen (secondary N) is 2. The molecule has 2 aromatic rings. The standard InChI is InChI=1S/C18H26N4O3S/c1-13-11-15-16(20-18(23)19-15)12-17(13)26(24,25)22-9-7-21(8-10-22)14-5-3-2-4-6-14/h11-12,14H,2-10H2,1H3,(H2,19,20,23). The van der Waals surface area contributed by atoms with Gasteiger partial charge in [0.15, 0.2) is 0 Å². The summed E-state index contributed by atoms with van der Waals surface area (Å²) in [4.78, 5) is 19.5. The molecule has 1 aliphatic carbocycles. The number of hydrogen-bond acceptors (Lipinski definition) is 4. The van der Waals surface area contributed by atoms with E-state index < -0.39 is 10.0 Å². The first-order valence-electron chi connectivity index (χ1n) is 9.42. The van der Waals surface area contributed by atoms with Gasteiger partial charge in [-0.15, -0.1) is 0 Å². The molecule has 0 spiro atoms. The van der Waals surface area contributed by atoms with Gasteiger partial charge >= 0.3 is 5.69 Å². The van der Waals surface area contributed by atoms with Crippen LogP contribution in [0.2, 0.25) is 0 Å². The number of aromatic nitrogens is 2. The molecule has 142 valence electrons. The van der Waals surface area contributed by atoms with E-state index in [0.29, 0.717) is 35.7 Å². The molecule has 2 N–H and O–H groups in total. The van der Waals surface area contributed by atoms with Gasteiger partial charge in [-0.2, -0.15) is 4.31 Å². The van der Waals surface area contributed by atoms with Crippen molar-refractivity contribution in [3.63, 3.8) is 0 Å². The lowest BCUT2D eigenvalue weighted by Gasteiger charge is -2.40. The molecule has 2 fully saturated rings. The fraction of sp³-hybridized carbons (Fsp3) is 0.611. The fourth-order valence-corrected chi connectivity index (χ4v) is 6.00. The number of aromatic amines is 2. The van der Waals surface area contributed by atoms with Gasteiger partial charge in [0.2, 0.25) is 10.0 Å². The van der Waals surface area contributed by atoms with Gasteiger partial charge < -0.3 is 9.97 Å². The number of benzene rings is 1. The smallest absolute Gasteiger partial charge is 0.306 e. The topological polar surface area (TPSA) is 89.3 Å². The lowest BCUT2D eigenvalue weighted by Crippen LogP contribution is -2.52. The van der Waals surface area contributed by atoms with Crippen LogP contribution < -0.4 is 5.69 Å². The van der Waals surface area contributed by atoms with Gasteiger partial charge in [-0.1, -0.05) is 19.3 Å². The number of rotatable bonds is 3. The molecule has 0 radical (unpaired) electrons. The minimum Gasteiger partial charge on any atom is -0.306 e. The summed E-state index contributed by atoms with van der Waals surface area (Å²) in [6, 6.07) is 3.92. The number of H-pyrrole nitrogens is 2. The van der Waals surface area contributed by atoms with E-state index in [1.807, 2.05) is 0 Å². The maximum atomic E-state index is 13.1. The third-order valence-corrected chi connectivity index (χ3v) is 7.83. The number of imidazole rings is 1. The van der Waals surface area contributed by atoms with Crippen LogP contribution in [0.25, 0.3) is 11.0 Å². The van der Waals surface area contributed by atoms with Crippen molar-refractivity contribution in [2.75, 3.05) is 26.2 Å². The molecule has 26 heavy (non-hydrogen) atoms. The first-order chi connectivity index (χ1) is 12.4. The van der Waals surface area contributed by atoms with Gasteiger partial charge in [0.05, 0.1) is 15.9 Å². The van der Waals surface area contributed by atoms with Gasteiger partial charge in [0, 0.05) is 32.2 Å². The number of sulfonamides is 1. The van der Waals surface area contributed by atoms with E-state index in [2.05, 4.69) is 14.9 Å². The summed E-state index contributed by atoms with van der Waals surface area (Å²) in [5.41, 5.74) is 1.49. The Kier molecular flexibility index (Phi) is 4.66. The Balaban J connectivity index is 1.54. The van der Waals surface area contributed by atoms with E-state index in [-0.39, 0.29) is 10.6 Å². The SMILES string of the molecule is Cc1cc2[nH]c(=O)[nH]c2cc1S(=O)(=O)N1CCN(C2CCCCC2)CC1. The highest BCUT2D eigenvalue weighted by Crippen LogP contribution is 2.27.